The van der Waals surface area contributed by atoms with Gasteiger partial charge in [-0.15, -0.1) is 6.58 Å². The van der Waals surface area contributed by atoms with E-state index in [9.17, 15) is 0 Å². The van der Waals surface area contributed by atoms with Gasteiger partial charge in [-0.25, -0.2) is 0 Å². The molecule has 0 unspecified atom stereocenters. The third-order valence-corrected chi connectivity index (χ3v) is 5.49. The summed E-state index contributed by atoms with van der Waals surface area (Å²) in [5.41, 5.74) is 1.41. The molecule has 1 saturated carbocycles. The predicted molar refractivity (Wildman–Crippen MR) is 92.0 cm³/mol. The maximum Gasteiger partial charge on any atom is 0.127 e. The monoisotopic (exact) mass is 306 g/mol. The highest BCUT2D eigenvalue weighted by Gasteiger charge is 2.49. The second kappa shape index (κ2) is 5.54. The van der Waals surface area contributed by atoms with E-state index in [4.69, 9.17) is 9.47 Å². The number of hydrogen-bond donors (Lipinski definition) is 0. The minimum atomic E-state index is -0.0695. The summed E-state index contributed by atoms with van der Waals surface area (Å²) in [6.45, 7) is 4.75. The van der Waals surface area contributed by atoms with Crippen molar-refractivity contribution in [3.05, 3.63) is 72.8 Å². The summed E-state index contributed by atoms with van der Waals surface area (Å²) in [7, 11) is 0. The van der Waals surface area contributed by atoms with Crippen LogP contribution >= 0.6 is 0 Å². The third kappa shape index (κ3) is 2.57. The molecule has 1 aliphatic carbocycles. The Hall–Kier alpha value is -2.06. The van der Waals surface area contributed by atoms with E-state index in [1.165, 1.54) is 5.56 Å². The number of benzene rings is 2. The van der Waals surface area contributed by atoms with Crippen molar-refractivity contribution in [3.8, 4) is 11.5 Å². The first-order valence-corrected chi connectivity index (χ1v) is 8.35. The molecule has 5 rings (SSSR count). The van der Waals surface area contributed by atoms with Gasteiger partial charge < -0.3 is 9.47 Å². The first-order chi connectivity index (χ1) is 11.2. The van der Waals surface area contributed by atoms with Gasteiger partial charge in [0.15, 0.2) is 0 Å². The van der Waals surface area contributed by atoms with E-state index in [1.54, 1.807) is 0 Å². The number of hydrogen-bond acceptors (Lipinski definition) is 2. The smallest absolute Gasteiger partial charge is 0.127 e. The lowest BCUT2D eigenvalue weighted by Gasteiger charge is -2.52. The lowest BCUT2D eigenvalue weighted by atomic mass is 9.63. The maximum atomic E-state index is 6.17. The van der Waals surface area contributed by atoms with Crippen LogP contribution in [0.25, 0.3) is 0 Å². The van der Waals surface area contributed by atoms with Gasteiger partial charge in [0.05, 0.1) is 12.2 Å². The van der Waals surface area contributed by atoms with Gasteiger partial charge in [-0.05, 0) is 55.5 Å². The Kier molecular flexibility index (Phi) is 3.50. The first kappa shape index (κ1) is 14.5. The highest BCUT2D eigenvalue weighted by molar-refractivity contribution is 5.38. The Morgan fingerprint density at radius 3 is 2.30 bits per heavy atom. The molecule has 2 nitrogen and oxygen atoms in total. The minimum Gasteiger partial charge on any atom is -0.457 e. The Morgan fingerprint density at radius 2 is 1.65 bits per heavy atom. The fourth-order valence-corrected chi connectivity index (χ4v) is 3.87. The topological polar surface area (TPSA) is 18.5 Å². The molecule has 0 N–H and O–H groups in total. The van der Waals surface area contributed by atoms with Gasteiger partial charge in [-0.3, -0.25) is 0 Å². The van der Waals surface area contributed by atoms with Crippen LogP contribution in [-0.2, 0) is 10.2 Å². The van der Waals surface area contributed by atoms with E-state index < -0.39 is 0 Å². The number of fused-ring (bicyclic) bond motifs is 3. The molecule has 0 radical (unpaired) electrons. The van der Waals surface area contributed by atoms with E-state index in [0.717, 1.165) is 43.8 Å². The van der Waals surface area contributed by atoms with Crippen LogP contribution < -0.4 is 4.74 Å². The summed E-state index contributed by atoms with van der Waals surface area (Å²) in [5.74, 6) is 1.77. The van der Waals surface area contributed by atoms with Crippen LogP contribution in [0.15, 0.2) is 67.3 Å². The fourth-order valence-electron chi connectivity index (χ4n) is 3.87. The van der Waals surface area contributed by atoms with Gasteiger partial charge >= 0.3 is 0 Å². The van der Waals surface area contributed by atoms with Gasteiger partial charge in [0.1, 0.15) is 11.5 Å². The minimum absolute atomic E-state index is 0.0695. The number of rotatable bonds is 4. The van der Waals surface area contributed by atoms with E-state index in [2.05, 4.69) is 24.8 Å². The molecule has 2 bridgehead atoms. The van der Waals surface area contributed by atoms with E-state index in [-0.39, 0.29) is 11.0 Å². The van der Waals surface area contributed by atoms with Crippen LogP contribution in [-0.4, -0.2) is 12.2 Å². The van der Waals surface area contributed by atoms with E-state index in [1.807, 2.05) is 42.5 Å². The zero-order valence-corrected chi connectivity index (χ0v) is 13.3. The predicted octanol–water partition coefficient (Wildman–Crippen LogP) is 5.25. The van der Waals surface area contributed by atoms with Gasteiger partial charge in [0, 0.05) is 5.41 Å². The van der Waals surface area contributed by atoms with Crippen molar-refractivity contribution in [2.75, 3.05) is 6.61 Å². The van der Waals surface area contributed by atoms with E-state index in [0.29, 0.717) is 0 Å². The molecule has 2 heterocycles. The Labute approximate surface area is 137 Å². The Balaban J connectivity index is 1.59. The van der Waals surface area contributed by atoms with Crippen molar-refractivity contribution in [1.82, 2.24) is 0 Å². The summed E-state index contributed by atoms with van der Waals surface area (Å²) in [5, 5.41) is 0. The van der Waals surface area contributed by atoms with Crippen LogP contribution in [0, 0.1) is 0 Å². The van der Waals surface area contributed by atoms with Crippen molar-refractivity contribution in [2.45, 2.75) is 36.7 Å². The van der Waals surface area contributed by atoms with Gasteiger partial charge in [0.25, 0.3) is 0 Å². The fraction of sp³-hybridized carbons (Fsp3) is 0.333. The van der Waals surface area contributed by atoms with Crippen LogP contribution in [0.1, 0.15) is 31.2 Å². The number of ether oxygens (including phenoxy) is 2. The zero-order chi connectivity index (χ0) is 15.8. The van der Waals surface area contributed by atoms with E-state index >= 15 is 0 Å². The molecule has 2 aromatic carbocycles. The molecular weight excluding hydrogens is 284 g/mol. The highest BCUT2D eigenvalue weighted by atomic mass is 16.5. The van der Waals surface area contributed by atoms with Crippen LogP contribution in [0.5, 0.6) is 11.5 Å². The quantitative estimate of drug-likeness (QED) is 0.719. The summed E-state index contributed by atoms with van der Waals surface area (Å²) >= 11 is 0. The molecule has 0 aromatic heterocycles. The summed E-state index contributed by atoms with van der Waals surface area (Å²) < 4.78 is 12.2. The molecule has 0 atom stereocenters. The molecule has 2 aromatic rings. The molecule has 3 aliphatic rings. The molecule has 2 saturated heterocycles. The Bertz CT molecular complexity index is 680. The van der Waals surface area contributed by atoms with Crippen molar-refractivity contribution < 1.29 is 9.47 Å². The molecule has 2 heteroatoms. The average molecular weight is 306 g/mol. The van der Waals surface area contributed by atoms with Crippen molar-refractivity contribution in [1.29, 1.82) is 0 Å². The van der Waals surface area contributed by atoms with Gasteiger partial charge in [-0.1, -0.05) is 36.4 Å². The normalized spacial score (nSPS) is 29.2. The maximum absolute atomic E-state index is 6.17. The molecule has 0 amide bonds. The Morgan fingerprint density at radius 1 is 0.913 bits per heavy atom. The number of para-hydroxylation sites is 1. The standard InChI is InChI=1S/C21H22O2/c1-2-21-13-11-20(12-14-21,16-22-21)17-7-6-10-19(15-17)23-18-8-4-3-5-9-18/h2-10,15H,1,11-14,16H2. The first-order valence-electron chi connectivity index (χ1n) is 8.35. The van der Waals surface area contributed by atoms with Crippen LogP contribution in [0.3, 0.4) is 0 Å². The molecular formula is C21H22O2. The SMILES string of the molecule is C=CC12CCC(c3cccc(Oc4ccccc4)c3)(CC1)CO2. The summed E-state index contributed by atoms with van der Waals surface area (Å²) in [4.78, 5) is 0. The summed E-state index contributed by atoms with van der Waals surface area (Å²) in [6, 6.07) is 18.4. The summed E-state index contributed by atoms with van der Waals surface area (Å²) in [6.07, 6.45) is 6.47. The van der Waals surface area contributed by atoms with Gasteiger partial charge in [0.2, 0.25) is 0 Å². The second-order valence-corrected chi connectivity index (χ2v) is 6.78. The molecule has 0 spiro atoms. The molecule has 23 heavy (non-hydrogen) atoms. The molecule has 2 aliphatic heterocycles. The highest BCUT2D eigenvalue weighted by Crippen LogP contribution is 2.51. The zero-order valence-electron chi connectivity index (χ0n) is 13.3. The van der Waals surface area contributed by atoms with Gasteiger partial charge in [-0.2, -0.15) is 0 Å². The largest absolute Gasteiger partial charge is 0.457 e. The second-order valence-electron chi connectivity index (χ2n) is 6.78. The van der Waals surface area contributed by atoms with Crippen molar-refractivity contribution in [2.24, 2.45) is 0 Å². The average Bonchev–Trinajstić information content (AvgIpc) is 2.64. The van der Waals surface area contributed by atoms with Crippen molar-refractivity contribution in [3.63, 3.8) is 0 Å². The third-order valence-electron chi connectivity index (χ3n) is 5.49. The van der Waals surface area contributed by atoms with Crippen LogP contribution in [0.2, 0.25) is 0 Å². The molecule has 3 fully saturated rings. The lowest BCUT2D eigenvalue weighted by Crippen LogP contribution is -2.52. The van der Waals surface area contributed by atoms with Crippen LogP contribution in [0.4, 0.5) is 0 Å². The van der Waals surface area contributed by atoms with Crippen molar-refractivity contribution >= 4 is 0 Å². The molecule has 118 valence electrons. The lowest BCUT2D eigenvalue weighted by molar-refractivity contribution is -0.128.